The molecular formula is C33H31GeIrN3O-2. The van der Waals surface area contributed by atoms with Gasteiger partial charge in [-0.05, 0) is 43.9 Å². The third kappa shape index (κ3) is 6.38. The van der Waals surface area contributed by atoms with Crippen LogP contribution < -0.4 is 4.40 Å². The monoisotopic (exact) mass is 761 g/mol. The molecule has 0 spiro atoms. The van der Waals surface area contributed by atoms with Crippen LogP contribution >= 0.6 is 0 Å². The number of hydrogen-bond acceptors (Lipinski definition) is 4. The number of fused-ring (bicyclic) bond motifs is 3. The second-order valence-electron chi connectivity index (χ2n) is 9.82. The van der Waals surface area contributed by atoms with Crippen molar-refractivity contribution in [3.05, 3.63) is 108 Å². The van der Waals surface area contributed by atoms with Gasteiger partial charge in [0.25, 0.3) is 0 Å². The molecule has 4 heterocycles. The average Bonchev–Trinajstić information content (AvgIpc) is 3.38. The molecule has 0 bridgehead atoms. The summed E-state index contributed by atoms with van der Waals surface area (Å²) >= 11 is -1.72. The van der Waals surface area contributed by atoms with Gasteiger partial charge in [-0.2, -0.15) is 0 Å². The summed E-state index contributed by atoms with van der Waals surface area (Å²) in [6.07, 6.45) is 3.07. The Labute approximate surface area is 259 Å². The van der Waals surface area contributed by atoms with E-state index in [-0.39, 0.29) is 48.3 Å². The van der Waals surface area contributed by atoms with Crippen LogP contribution in [0.15, 0.2) is 83.5 Å². The molecule has 39 heavy (non-hydrogen) atoms. The van der Waals surface area contributed by atoms with Gasteiger partial charge < -0.3 is 9.40 Å². The third-order valence-electron chi connectivity index (χ3n) is 6.07. The summed E-state index contributed by atoms with van der Waals surface area (Å²) in [5.74, 6) is 7.14. The largest absolute Gasteiger partial charge is 0 e. The van der Waals surface area contributed by atoms with Crippen molar-refractivity contribution in [3.63, 3.8) is 0 Å². The van der Waals surface area contributed by atoms with E-state index in [1.54, 1.807) is 18.2 Å². The second kappa shape index (κ2) is 12.0. The van der Waals surface area contributed by atoms with Crippen molar-refractivity contribution in [2.45, 2.75) is 37.8 Å². The van der Waals surface area contributed by atoms with E-state index in [0.29, 0.717) is 21.9 Å². The molecule has 0 aliphatic carbocycles. The normalized spacial score (nSPS) is 15.5. The van der Waals surface area contributed by atoms with Gasteiger partial charge in [-0.1, -0.05) is 22.6 Å². The van der Waals surface area contributed by atoms with E-state index in [2.05, 4.69) is 56.5 Å². The van der Waals surface area contributed by atoms with Crippen molar-refractivity contribution < 1.29 is 36.9 Å². The fraction of sp³-hybridized carbons (Fsp3) is 0.182. The van der Waals surface area contributed by atoms with Crippen molar-refractivity contribution in [2.75, 3.05) is 0 Å². The van der Waals surface area contributed by atoms with Crippen LogP contribution in [0.5, 0.6) is 0 Å². The molecule has 6 aromatic rings. The van der Waals surface area contributed by atoms with E-state index in [0.717, 1.165) is 17.5 Å². The van der Waals surface area contributed by atoms with Crippen LogP contribution in [-0.4, -0.2) is 28.2 Å². The predicted octanol–water partition coefficient (Wildman–Crippen LogP) is 7.86. The topological polar surface area (TPSA) is 51.8 Å². The van der Waals surface area contributed by atoms with Gasteiger partial charge in [0.05, 0.1) is 5.58 Å². The summed E-state index contributed by atoms with van der Waals surface area (Å²) in [5.41, 5.74) is 2.16. The van der Waals surface area contributed by atoms with Crippen molar-refractivity contribution in [2.24, 2.45) is 0 Å². The summed E-state index contributed by atoms with van der Waals surface area (Å²) in [6.45, 7) is -7.71. The van der Waals surface area contributed by atoms with Gasteiger partial charge in [0.2, 0.25) is 5.71 Å². The molecule has 2 aromatic carbocycles. The van der Waals surface area contributed by atoms with Crippen molar-refractivity contribution >= 4 is 39.7 Å². The summed E-state index contributed by atoms with van der Waals surface area (Å²) in [4.78, 5) is 12.8. The Bertz CT molecular complexity index is 2040. The SMILES string of the molecule is [2H]C([2H])([2H])c1ccc2c(n1)oc1c(-c3cc(C([2H])([2H])[2H])c(C([2H])([2H])[2H])cn3)[c-]ccc12.[CH3][Ge]([CH3])([CH3])[c]1ccc(-c2[c-]cccc2)nc1.[Ir]. The van der Waals surface area contributed by atoms with Crippen LogP contribution in [0.25, 0.3) is 44.6 Å². The number of hydrogen-bond donors (Lipinski definition) is 0. The van der Waals surface area contributed by atoms with Crippen LogP contribution in [-0.2, 0) is 20.1 Å². The molecule has 0 saturated heterocycles. The maximum atomic E-state index is 7.74. The number of furan rings is 1. The Morgan fingerprint density at radius 2 is 1.64 bits per heavy atom. The Morgan fingerprint density at radius 1 is 0.795 bits per heavy atom. The quantitative estimate of drug-likeness (QED) is 0.136. The average molecular weight is 760 g/mol. The molecule has 4 nitrogen and oxygen atoms in total. The first-order valence-corrected chi connectivity index (χ1v) is 19.4. The number of benzene rings is 2. The molecule has 0 aliphatic heterocycles. The number of rotatable bonds is 3. The standard InChI is InChI=1S/C19H15N2O.C14H16GeN.Ir/c1-11-9-17(20-10-12(11)2)16-6-4-5-14-15-8-7-13(3)21-19(15)22-18(14)16;1-15(2,3)13-9-10-14(16-11-13)12-7-5-4-6-8-12;/h4-5,7-10H,1-3H3;4-7,9-11H,1-3H3;/q2*-1;/i1D3,2D3,3D3;;. The Balaban J connectivity index is 0.000000258. The fourth-order valence-corrected chi connectivity index (χ4v) is 6.13. The van der Waals surface area contributed by atoms with Gasteiger partial charge in [-0.25, -0.2) is 4.98 Å². The molecule has 0 amide bonds. The molecule has 0 aliphatic rings. The molecule has 199 valence electrons. The van der Waals surface area contributed by atoms with E-state index in [9.17, 15) is 0 Å². The van der Waals surface area contributed by atoms with E-state index in [1.165, 1.54) is 16.5 Å². The van der Waals surface area contributed by atoms with Gasteiger partial charge in [0.1, 0.15) is 0 Å². The summed E-state index contributed by atoms with van der Waals surface area (Å²) in [7, 11) is 0. The minimum Gasteiger partial charge on any atom is 0 e. The maximum Gasteiger partial charge on any atom is 0 e. The Hall–Kier alpha value is -3.12. The summed E-state index contributed by atoms with van der Waals surface area (Å²) in [5, 5.41) is 1.19. The number of aryl methyl sites for hydroxylation is 3. The number of aromatic nitrogens is 3. The van der Waals surface area contributed by atoms with Crippen LogP contribution in [0, 0.1) is 32.7 Å². The Morgan fingerprint density at radius 3 is 2.33 bits per heavy atom. The van der Waals surface area contributed by atoms with Crippen LogP contribution in [0.3, 0.4) is 0 Å². The zero-order valence-electron chi connectivity index (χ0n) is 30.6. The van der Waals surface area contributed by atoms with Gasteiger partial charge >= 0.3 is 99.8 Å². The van der Waals surface area contributed by atoms with E-state index >= 15 is 0 Å². The van der Waals surface area contributed by atoms with E-state index in [1.807, 2.05) is 30.5 Å². The molecule has 0 fully saturated rings. The number of nitrogens with zero attached hydrogens (tertiary/aromatic N) is 3. The van der Waals surface area contributed by atoms with Gasteiger partial charge in [-0.15, -0.1) is 18.2 Å². The first-order valence-electron chi connectivity index (χ1n) is 16.5. The van der Waals surface area contributed by atoms with Gasteiger partial charge in [0.15, 0.2) is 0 Å². The minimum absolute atomic E-state index is 0. The van der Waals surface area contributed by atoms with Crippen molar-refractivity contribution in [1.82, 2.24) is 15.0 Å². The van der Waals surface area contributed by atoms with Gasteiger partial charge in [-0.3, -0.25) is 0 Å². The zero-order valence-corrected chi connectivity index (χ0v) is 26.1. The van der Waals surface area contributed by atoms with Crippen LogP contribution in [0.4, 0.5) is 0 Å². The minimum atomic E-state index is -2.67. The summed E-state index contributed by atoms with van der Waals surface area (Å²) < 4.78 is 75.9. The number of pyridine rings is 3. The fourth-order valence-electron chi connectivity index (χ4n) is 3.95. The van der Waals surface area contributed by atoms with Gasteiger partial charge in [0, 0.05) is 49.7 Å². The molecule has 1 radical (unpaired) electrons. The third-order valence-corrected chi connectivity index (χ3v) is 10.3. The molecular weight excluding hydrogens is 719 g/mol. The molecule has 4 aromatic heterocycles. The zero-order chi connectivity index (χ0) is 34.4. The molecule has 6 heteroatoms. The smallest absolute Gasteiger partial charge is 0 e. The van der Waals surface area contributed by atoms with Crippen molar-refractivity contribution in [1.29, 1.82) is 0 Å². The summed E-state index contributed by atoms with van der Waals surface area (Å²) in [6, 6.07) is 25.9. The molecule has 0 atom stereocenters. The van der Waals surface area contributed by atoms with Crippen molar-refractivity contribution in [3.8, 4) is 22.5 Å². The Kier molecular flexibility index (Phi) is 5.84. The van der Waals surface area contributed by atoms with Crippen LogP contribution in [0.2, 0.25) is 17.3 Å². The second-order valence-corrected chi connectivity index (χ2v) is 20.5. The van der Waals surface area contributed by atoms with E-state index < -0.39 is 33.8 Å². The predicted molar refractivity (Wildman–Crippen MR) is 159 cm³/mol. The molecule has 6 rings (SSSR count). The first kappa shape index (κ1) is 19.0. The maximum absolute atomic E-state index is 7.74. The first-order chi connectivity index (χ1) is 21.8. The molecule has 0 N–H and O–H groups in total. The molecule has 0 saturated carbocycles. The molecule has 0 unspecified atom stereocenters. The van der Waals surface area contributed by atoms with Crippen LogP contribution in [0.1, 0.15) is 29.2 Å². The van der Waals surface area contributed by atoms with E-state index in [4.69, 9.17) is 16.8 Å².